The Hall–Kier alpha value is -7.88. The van der Waals surface area contributed by atoms with Gasteiger partial charge in [-0.3, -0.25) is 76.7 Å². The van der Waals surface area contributed by atoms with E-state index in [1.54, 1.807) is 27.7 Å². The van der Waals surface area contributed by atoms with Crippen molar-refractivity contribution in [1.82, 2.24) is 52.3 Å². The van der Waals surface area contributed by atoms with Crippen LogP contribution in [0.1, 0.15) is 251 Å². The number of hydrogen-bond donors (Lipinski definition) is 12. The van der Waals surface area contributed by atoms with E-state index in [2.05, 4.69) is 42.5 Å². The number of ketones is 4. The van der Waals surface area contributed by atoms with E-state index in [-0.39, 0.29) is 163 Å². The Morgan fingerprint density at radius 3 is 1.01 bits per heavy atom. The van der Waals surface area contributed by atoms with E-state index in [0.717, 1.165) is 0 Å². The Morgan fingerprint density at radius 2 is 0.701 bits per heavy atom. The Bertz CT molecular complexity index is 2970. The van der Waals surface area contributed by atoms with Crippen LogP contribution in [0, 0.1) is 59.2 Å². The van der Waals surface area contributed by atoms with E-state index in [1.165, 1.54) is 23.6 Å². The number of hydrogen-bond acceptors (Lipinski definition) is 21. The van der Waals surface area contributed by atoms with Crippen molar-refractivity contribution in [3.05, 3.63) is 0 Å². The summed E-state index contributed by atoms with van der Waals surface area (Å²) in [6.45, 7) is 28.2. The van der Waals surface area contributed by atoms with Crippen LogP contribution in [0.3, 0.4) is 0 Å². The molecule has 668 valence electrons. The number of amides is 12. The first-order chi connectivity index (χ1) is 55.4. The molecule has 0 bridgehead atoms. The zero-order valence-corrected chi connectivity index (χ0v) is 72.8. The number of nitrogens with two attached hydrogens (primary N) is 4. The fourth-order valence-electron chi connectivity index (χ4n) is 14.0. The third-order valence-electron chi connectivity index (χ3n) is 22.6. The summed E-state index contributed by atoms with van der Waals surface area (Å²) >= 11 is 0. The van der Waals surface area contributed by atoms with Crippen LogP contribution in [-0.4, -0.2) is 231 Å². The second-order valence-electron chi connectivity index (χ2n) is 32.9. The van der Waals surface area contributed by atoms with Gasteiger partial charge in [-0.1, -0.05) is 123 Å². The van der Waals surface area contributed by atoms with E-state index in [9.17, 15) is 76.7 Å². The molecule has 0 aliphatic carbocycles. The first-order valence-corrected chi connectivity index (χ1v) is 43.2. The van der Waals surface area contributed by atoms with Gasteiger partial charge in [-0.05, 0) is 127 Å². The largest absolute Gasteiger partial charge is 0.379 e. The van der Waals surface area contributed by atoms with Crippen LogP contribution in [0.15, 0.2) is 0 Å². The number of carbonyl (C=O) groups is 16. The fourth-order valence-corrected chi connectivity index (χ4v) is 14.0. The van der Waals surface area contributed by atoms with Crippen molar-refractivity contribution in [2.45, 2.75) is 299 Å². The molecule has 33 nitrogen and oxygen atoms in total. The van der Waals surface area contributed by atoms with Crippen molar-refractivity contribution in [1.29, 1.82) is 0 Å². The SMILES string of the molecule is CC[C@@H](C)C(=O)NC(C(=O)N1CCC[C@H]1C(=O)N[C@H](C(=O)C[C@@H](C)C(=O)N[C@@H](CCC(N)=O)C(=O)C[C@@H](CCCCN)C(=O)NCCCOCCOCCOCCCNC(=O)[C@H](CCCCN)CC(=O)[C@H](CCC(N)=O)NC(=O)[C@H](C)CC(=O)C(NC(=O)[C@@H]1CCCN1C(=O)[C@@H](NC(=O)[C@H](C)CC)C(C)C)[C@@H](C)CC)[C@@H](C)CC)C(C)C. The number of Topliss-reactive ketones (excluding diaryl/α,β-unsaturated/α-hetero) is 4. The molecule has 0 radical (unpaired) electrons. The van der Waals surface area contributed by atoms with Crippen molar-refractivity contribution in [3.63, 3.8) is 0 Å². The standard InChI is InChI=1S/C84H148N14O19/c1-15-53(9)73(95-81(111)63-29-23-39-97(63)83(113)71(51(5)6)93-75(105)55(11)17-3)67(101)47-57(13)77(107)91-61(31-33-69(87)103)65(99)49-59(27-19-21-35-85)79(109)89-37-25-41-115-43-45-117-46-44-116-42-26-38-90-80(110)60(28-20-22-36-86)50-66(100)62(32-34-70(88)104)92-78(108)58(14)48-68(102)74(54(10)16-2)96-82(112)64-30-24-40-98(64)84(114)72(52(7)8)94-76(106)56(12)18-4/h51-64,71-74H,15-50,85-86H2,1-14H3,(H2,87,103)(H2,88,104)(H,89,109)(H,90,110)(H,91,107)(H,92,108)(H,93,105)(H,94,106)(H,95,111)(H,96,112)/t53-,54-,55+,56+,57+,58+,59+,60+,61-,62-,63-,64-,71-,72?,73?,74-/m0/s1. The minimum absolute atomic E-state index is 0.153. The number of nitrogens with one attached hydrogen (secondary N) is 8. The third-order valence-corrected chi connectivity index (χ3v) is 22.6. The highest BCUT2D eigenvalue weighted by atomic mass is 16.5. The van der Waals surface area contributed by atoms with E-state index in [4.69, 9.17) is 37.1 Å². The first kappa shape index (κ1) is 105. The summed E-state index contributed by atoms with van der Waals surface area (Å²) in [6, 6.07) is -7.95. The second kappa shape index (κ2) is 57.3. The zero-order chi connectivity index (χ0) is 88.0. The number of rotatable bonds is 64. The van der Waals surface area contributed by atoms with E-state index < -0.39 is 142 Å². The molecule has 33 heteroatoms. The summed E-state index contributed by atoms with van der Waals surface area (Å²) in [4.78, 5) is 220. The molecule has 0 saturated carbocycles. The lowest BCUT2D eigenvalue weighted by atomic mass is 9.89. The Morgan fingerprint density at radius 1 is 0.368 bits per heavy atom. The van der Waals surface area contributed by atoms with Gasteiger partial charge in [0.15, 0.2) is 23.1 Å². The van der Waals surface area contributed by atoms with Crippen LogP contribution in [0.2, 0.25) is 0 Å². The highest BCUT2D eigenvalue weighted by Crippen LogP contribution is 2.27. The summed E-state index contributed by atoms with van der Waals surface area (Å²) in [5.74, 6) is -13.2. The first-order valence-electron chi connectivity index (χ1n) is 43.2. The number of likely N-dealkylation sites (tertiary alicyclic amines) is 2. The predicted octanol–water partition coefficient (Wildman–Crippen LogP) is 3.57. The van der Waals surface area contributed by atoms with Crippen LogP contribution in [0.25, 0.3) is 0 Å². The van der Waals surface area contributed by atoms with Gasteiger partial charge in [0.1, 0.15) is 24.2 Å². The molecule has 12 amide bonds. The molecular weight excluding hydrogens is 1510 g/mol. The fraction of sp³-hybridized carbons (Fsp3) is 0.810. The van der Waals surface area contributed by atoms with Gasteiger partial charge in [0.2, 0.25) is 70.9 Å². The molecule has 2 aliphatic rings. The summed E-state index contributed by atoms with van der Waals surface area (Å²) < 4.78 is 17.1. The van der Waals surface area contributed by atoms with E-state index in [0.29, 0.717) is 129 Å². The van der Waals surface area contributed by atoms with Gasteiger partial charge in [-0.15, -0.1) is 0 Å². The number of unbranched alkanes of at least 4 members (excludes halogenated alkanes) is 2. The zero-order valence-electron chi connectivity index (χ0n) is 72.8. The minimum Gasteiger partial charge on any atom is -0.379 e. The maximum atomic E-state index is 14.1. The van der Waals surface area contributed by atoms with Gasteiger partial charge in [0.05, 0.1) is 50.6 Å². The molecule has 16 atom stereocenters. The quantitative estimate of drug-likeness (QED) is 0.0387. The smallest absolute Gasteiger partial charge is 0.246 e. The topological polar surface area (TPSA) is 508 Å². The Balaban J connectivity index is 1.92. The van der Waals surface area contributed by atoms with Gasteiger partial charge >= 0.3 is 0 Å². The lowest BCUT2D eigenvalue weighted by Gasteiger charge is -2.32. The van der Waals surface area contributed by atoms with Crippen LogP contribution < -0.4 is 65.5 Å². The maximum Gasteiger partial charge on any atom is 0.246 e. The van der Waals surface area contributed by atoms with E-state index in [1.807, 2.05) is 55.4 Å². The molecular formula is C84H148N14O19. The van der Waals surface area contributed by atoms with E-state index >= 15 is 0 Å². The van der Waals surface area contributed by atoms with Crippen molar-refractivity contribution < 1.29 is 90.9 Å². The Kier molecular flexibility index (Phi) is 51.5. The highest BCUT2D eigenvalue weighted by molar-refractivity contribution is 6.00. The summed E-state index contributed by atoms with van der Waals surface area (Å²) in [6.07, 6.45) is 5.64. The molecule has 2 aliphatic heterocycles. The summed E-state index contributed by atoms with van der Waals surface area (Å²) in [5.41, 5.74) is 22.6. The van der Waals surface area contributed by atoms with Crippen molar-refractivity contribution in [3.8, 4) is 0 Å². The molecule has 0 spiro atoms. The Labute approximate surface area is 694 Å². The van der Waals surface area contributed by atoms with Gasteiger partial charge in [-0.2, -0.15) is 0 Å². The lowest BCUT2D eigenvalue weighted by molar-refractivity contribution is -0.143. The molecule has 117 heavy (non-hydrogen) atoms. The number of primary amides is 2. The second-order valence-corrected chi connectivity index (χ2v) is 32.9. The molecule has 2 unspecified atom stereocenters. The molecule has 2 rings (SSSR count). The third kappa shape index (κ3) is 38.4. The van der Waals surface area contributed by atoms with Gasteiger partial charge in [0.25, 0.3) is 0 Å². The maximum absolute atomic E-state index is 14.1. The average Bonchev–Trinajstić information content (AvgIpc) is 1.69. The van der Waals surface area contributed by atoms with Crippen LogP contribution in [0.5, 0.6) is 0 Å². The monoisotopic (exact) mass is 1660 g/mol. The van der Waals surface area contributed by atoms with Crippen LogP contribution >= 0.6 is 0 Å². The van der Waals surface area contributed by atoms with Gasteiger partial charge in [0, 0.05) is 113 Å². The molecule has 2 saturated heterocycles. The number of nitrogens with zero attached hydrogens (tertiary/aromatic N) is 2. The summed E-state index contributed by atoms with van der Waals surface area (Å²) in [7, 11) is 0. The van der Waals surface area contributed by atoms with Crippen molar-refractivity contribution in [2.24, 2.45) is 82.1 Å². The van der Waals surface area contributed by atoms with Crippen LogP contribution in [-0.2, 0) is 90.9 Å². The predicted molar refractivity (Wildman–Crippen MR) is 443 cm³/mol. The normalized spacial score (nSPS) is 17.7. The summed E-state index contributed by atoms with van der Waals surface area (Å²) in [5, 5.41) is 22.7. The highest BCUT2D eigenvalue weighted by Gasteiger charge is 2.44. The minimum atomic E-state index is -1.22. The van der Waals surface area contributed by atoms with Gasteiger partial charge < -0.3 is 89.5 Å². The van der Waals surface area contributed by atoms with Crippen LogP contribution in [0.4, 0.5) is 0 Å². The van der Waals surface area contributed by atoms with Crippen molar-refractivity contribution in [2.75, 3.05) is 78.9 Å². The molecule has 0 aromatic rings. The number of ether oxygens (including phenoxy) is 3. The molecule has 2 heterocycles. The molecule has 16 N–H and O–H groups in total. The molecule has 0 aromatic carbocycles. The number of carbonyl (C=O) groups excluding carboxylic acids is 16. The molecule has 2 fully saturated rings. The van der Waals surface area contributed by atoms with Gasteiger partial charge in [-0.25, -0.2) is 0 Å². The average molecular weight is 1660 g/mol. The lowest BCUT2D eigenvalue weighted by Crippen LogP contribution is -2.57. The molecule has 0 aromatic heterocycles. The van der Waals surface area contributed by atoms with Crippen molar-refractivity contribution >= 4 is 94.0 Å².